The van der Waals surface area contributed by atoms with Crippen LogP contribution in [0.5, 0.6) is 0 Å². The van der Waals surface area contributed by atoms with E-state index in [-0.39, 0.29) is 16.6 Å². The molecule has 38 heavy (non-hydrogen) atoms. The zero-order valence-electron chi connectivity index (χ0n) is 18.7. The average Bonchev–Trinajstić information content (AvgIpc) is 3.33. The lowest BCUT2D eigenvalue weighted by Gasteiger charge is -2.14. The molecule has 0 bridgehead atoms. The van der Waals surface area contributed by atoms with Crippen molar-refractivity contribution in [2.24, 2.45) is 5.14 Å². The van der Waals surface area contributed by atoms with Crippen LogP contribution in [-0.2, 0) is 22.4 Å². The molecule has 0 fully saturated rings. The molecule has 3 aromatic carbocycles. The van der Waals surface area contributed by atoms with E-state index in [9.17, 15) is 39.6 Å². The number of hydrogen-bond acceptors (Lipinski definition) is 5. The molecule has 0 saturated heterocycles. The van der Waals surface area contributed by atoms with E-state index in [2.05, 4.69) is 15.6 Å². The molecule has 0 aliphatic carbocycles. The average molecular weight is 555 g/mol. The van der Waals surface area contributed by atoms with E-state index in [4.69, 9.17) is 5.14 Å². The van der Waals surface area contributed by atoms with Crippen LogP contribution in [0.4, 0.5) is 32.0 Å². The summed E-state index contributed by atoms with van der Waals surface area (Å²) in [5, 5.41) is 15.3. The van der Waals surface area contributed by atoms with E-state index in [1.54, 1.807) is 6.07 Å². The minimum atomic E-state index is -5.10. The molecule has 1 aromatic heterocycles. The number of carbonyl (C=O) groups excluding carboxylic acids is 1. The maximum absolute atomic E-state index is 13.1. The van der Waals surface area contributed by atoms with Gasteiger partial charge >= 0.3 is 12.4 Å². The predicted molar refractivity (Wildman–Crippen MR) is 123 cm³/mol. The first kappa shape index (κ1) is 26.8. The summed E-state index contributed by atoms with van der Waals surface area (Å²) < 4.78 is 103. The number of anilines is 1. The van der Waals surface area contributed by atoms with Crippen molar-refractivity contribution in [1.29, 1.82) is 0 Å². The Balaban J connectivity index is 1.58. The summed E-state index contributed by atoms with van der Waals surface area (Å²) in [7, 11) is -3.89. The van der Waals surface area contributed by atoms with Crippen LogP contribution >= 0.6 is 0 Å². The number of amides is 1. The minimum absolute atomic E-state index is 0.0662. The number of hydrogen-bond donors (Lipinski definition) is 2. The summed E-state index contributed by atoms with van der Waals surface area (Å²) >= 11 is 0. The Morgan fingerprint density at radius 2 is 1.47 bits per heavy atom. The highest BCUT2D eigenvalue weighted by Crippen LogP contribution is 2.36. The van der Waals surface area contributed by atoms with Gasteiger partial charge in [-0.2, -0.15) is 26.3 Å². The van der Waals surface area contributed by atoms with Gasteiger partial charge in [-0.15, -0.1) is 5.10 Å². The minimum Gasteiger partial charge on any atom is -0.322 e. The first-order chi connectivity index (χ1) is 17.6. The molecule has 0 radical (unpaired) electrons. The normalized spacial score (nSPS) is 12.4. The molecule has 1 amide bonds. The summed E-state index contributed by atoms with van der Waals surface area (Å²) in [6.07, 6.45) is -8.71. The molecule has 0 aliphatic heterocycles. The molecule has 0 spiro atoms. The fraction of sp³-hybridized carbons (Fsp3) is 0.0870. The van der Waals surface area contributed by atoms with Gasteiger partial charge in [0, 0.05) is 16.8 Å². The highest BCUT2D eigenvalue weighted by Gasteiger charge is 2.37. The topological polar surface area (TPSA) is 120 Å². The van der Waals surface area contributed by atoms with Crippen molar-refractivity contribution in [3.8, 4) is 16.9 Å². The van der Waals surface area contributed by atoms with Gasteiger partial charge in [0.25, 0.3) is 5.91 Å². The second kappa shape index (κ2) is 9.57. The predicted octanol–water partition coefficient (Wildman–Crippen LogP) is 4.87. The number of primary sulfonamides is 1. The third-order valence-electron chi connectivity index (χ3n) is 5.19. The Labute approximate surface area is 210 Å². The monoisotopic (exact) mass is 555 g/mol. The number of sulfonamides is 1. The lowest BCUT2D eigenvalue weighted by atomic mass is 10.0. The number of nitrogens with two attached hydrogens (primary N) is 1. The van der Waals surface area contributed by atoms with Crippen molar-refractivity contribution in [2.75, 3.05) is 5.32 Å². The maximum Gasteiger partial charge on any atom is 0.416 e. The van der Waals surface area contributed by atoms with E-state index < -0.39 is 45.0 Å². The largest absolute Gasteiger partial charge is 0.416 e. The van der Waals surface area contributed by atoms with Gasteiger partial charge in [-0.3, -0.25) is 4.79 Å². The SMILES string of the molecule is NS(=O)(=O)c1ccc(-n2cc(-c3cccc(NC(=O)c4cc(C(F)(F)F)cc(C(F)(F)F)c4)c3)nn2)cc1. The number of aromatic nitrogens is 3. The highest BCUT2D eigenvalue weighted by atomic mass is 32.2. The van der Waals surface area contributed by atoms with E-state index in [0.29, 0.717) is 29.1 Å². The number of nitrogens with zero attached hydrogens (tertiary/aromatic N) is 3. The van der Waals surface area contributed by atoms with Gasteiger partial charge in [0.05, 0.1) is 27.9 Å². The number of nitrogens with one attached hydrogen (secondary N) is 1. The van der Waals surface area contributed by atoms with Gasteiger partial charge in [0.15, 0.2) is 0 Å². The summed E-state index contributed by atoms with van der Waals surface area (Å²) in [4.78, 5) is 12.5. The molecular weight excluding hydrogens is 540 g/mol. The van der Waals surface area contributed by atoms with Gasteiger partial charge < -0.3 is 5.32 Å². The Hall–Kier alpha value is -4.24. The zero-order chi connectivity index (χ0) is 27.9. The fourth-order valence-corrected chi connectivity index (χ4v) is 3.87. The third-order valence-corrected chi connectivity index (χ3v) is 6.12. The molecule has 198 valence electrons. The second-order valence-electron chi connectivity index (χ2n) is 7.92. The summed E-state index contributed by atoms with van der Waals surface area (Å²) in [5.41, 5.74) is -2.81. The molecule has 1 heterocycles. The van der Waals surface area contributed by atoms with E-state index >= 15 is 0 Å². The van der Waals surface area contributed by atoms with E-state index in [1.807, 2.05) is 0 Å². The number of halogens is 6. The van der Waals surface area contributed by atoms with Crippen molar-refractivity contribution >= 4 is 21.6 Å². The smallest absolute Gasteiger partial charge is 0.322 e. The van der Waals surface area contributed by atoms with E-state index in [0.717, 1.165) is 0 Å². The Morgan fingerprint density at radius 1 is 0.868 bits per heavy atom. The molecule has 0 saturated carbocycles. The number of alkyl halides is 6. The molecule has 0 atom stereocenters. The zero-order valence-corrected chi connectivity index (χ0v) is 19.6. The van der Waals surface area contributed by atoms with Crippen LogP contribution in [0.15, 0.2) is 77.8 Å². The first-order valence-electron chi connectivity index (χ1n) is 10.4. The number of rotatable bonds is 5. The van der Waals surface area contributed by atoms with Crippen molar-refractivity contribution in [1.82, 2.24) is 15.0 Å². The van der Waals surface area contributed by atoms with Crippen LogP contribution < -0.4 is 10.5 Å². The van der Waals surface area contributed by atoms with Crippen LogP contribution in [0.25, 0.3) is 16.9 Å². The van der Waals surface area contributed by atoms with E-state index in [1.165, 1.54) is 53.3 Å². The summed E-state index contributed by atoms with van der Waals surface area (Å²) in [6, 6.07) is 11.9. The van der Waals surface area contributed by atoms with Gasteiger partial charge in [-0.05, 0) is 54.6 Å². The molecular formula is C23H15F6N5O3S. The molecule has 4 rings (SSSR count). The maximum atomic E-state index is 13.1. The molecule has 3 N–H and O–H groups in total. The van der Waals surface area contributed by atoms with Crippen molar-refractivity contribution in [3.63, 3.8) is 0 Å². The third kappa shape index (κ3) is 6.00. The molecule has 0 aliphatic rings. The molecule has 4 aromatic rings. The Bertz CT molecular complexity index is 1580. The highest BCUT2D eigenvalue weighted by molar-refractivity contribution is 7.89. The molecule has 15 heteroatoms. The number of benzene rings is 3. The quantitative estimate of drug-likeness (QED) is 0.341. The number of carbonyl (C=O) groups is 1. The summed E-state index contributed by atoms with van der Waals surface area (Å²) in [5.74, 6) is -1.18. The van der Waals surface area contributed by atoms with Crippen LogP contribution in [0.1, 0.15) is 21.5 Å². The van der Waals surface area contributed by atoms with Gasteiger partial charge in [-0.1, -0.05) is 17.3 Å². The van der Waals surface area contributed by atoms with Crippen LogP contribution in [-0.4, -0.2) is 29.3 Å². The standard InChI is InChI=1S/C23H15F6N5O3S/c24-22(25,26)15-8-14(9-16(11-15)23(27,28)29)21(35)31-17-3-1-2-13(10-17)20-12-34(33-32-20)18-4-6-19(7-5-18)38(30,36)37/h1-12H,(H,31,35)(H2,30,36,37). The van der Waals surface area contributed by atoms with Gasteiger partial charge in [0.2, 0.25) is 10.0 Å². The summed E-state index contributed by atoms with van der Waals surface area (Å²) in [6.45, 7) is 0. The fourth-order valence-electron chi connectivity index (χ4n) is 3.36. The lowest BCUT2D eigenvalue weighted by Crippen LogP contribution is -2.17. The first-order valence-corrected chi connectivity index (χ1v) is 11.9. The Morgan fingerprint density at radius 3 is 2.03 bits per heavy atom. The lowest BCUT2D eigenvalue weighted by molar-refractivity contribution is -0.143. The Kier molecular flexibility index (Phi) is 6.75. The van der Waals surface area contributed by atoms with Crippen LogP contribution in [0.2, 0.25) is 0 Å². The van der Waals surface area contributed by atoms with Crippen molar-refractivity contribution < 1.29 is 39.6 Å². The van der Waals surface area contributed by atoms with Crippen molar-refractivity contribution in [2.45, 2.75) is 17.2 Å². The van der Waals surface area contributed by atoms with Gasteiger partial charge in [0.1, 0.15) is 5.69 Å². The van der Waals surface area contributed by atoms with Gasteiger partial charge in [-0.25, -0.2) is 18.2 Å². The molecule has 8 nitrogen and oxygen atoms in total. The van der Waals surface area contributed by atoms with Crippen molar-refractivity contribution in [3.05, 3.63) is 89.6 Å². The van der Waals surface area contributed by atoms with Crippen LogP contribution in [0.3, 0.4) is 0 Å². The second-order valence-corrected chi connectivity index (χ2v) is 9.48. The molecule has 0 unspecified atom stereocenters. The van der Waals surface area contributed by atoms with Crippen LogP contribution in [0, 0.1) is 0 Å².